The van der Waals surface area contributed by atoms with Crippen LogP contribution >= 0.6 is 11.6 Å². The topological polar surface area (TPSA) is 50.7 Å². The third-order valence-corrected chi connectivity index (χ3v) is 3.28. The highest BCUT2D eigenvalue weighted by Crippen LogP contribution is 2.40. The summed E-state index contributed by atoms with van der Waals surface area (Å²) in [6.45, 7) is 2.90. The van der Waals surface area contributed by atoms with E-state index in [1.54, 1.807) is 6.20 Å². The lowest BCUT2D eigenvalue weighted by Crippen LogP contribution is -2.04. The van der Waals surface area contributed by atoms with E-state index in [1.807, 2.05) is 18.2 Å². The first kappa shape index (κ1) is 12.4. The van der Waals surface area contributed by atoms with Crippen molar-refractivity contribution in [2.75, 3.05) is 11.9 Å². The number of anilines is 1. The van der Waals surface area contributed by atoms with Gasteiger partial charge in [-0.2, -0.15) is 0 Å². The average Bonchev–Trinajstić information content (AvgIpc) is 3.24. The summed E-state index contributed by atoms with van der Waals surface area (Å²) < 4.78 is 0. The van der Waals surface area contributed by atoms with Gasteiger partial charge in [0.1, 0.15) is 11.5 Å². The average molecular weight is 275 g/mol. The second-order valence-corrected chi connectivity index (χ2v) is 5.10. The molecule has 0 unspecified atom stereocenters. The Balaban J connectivity index is 2.01. The van der Waals surface area contributed by atoms with E-state index in [9.17, 15) is 0 Å². The molecule has 0 aliphatic heterocycles. The number of aromatic nitrogens is 3. The highest BCUT2D eigenvalue weighted by molar-refractivity contribution is 6.30. The molecule has 1 aliphatic rings. The van der Waals surface area contributed by atoms with Crippen molar-refractivity contribution in [3.8, 4) is 11.5 Å². The SMILES string of the molecule is CCNc1cc(C2CC2)nc(-c2ccc(Cl)cn2)n1. The summed E-state index contributed by atoms with van der Waals surface area (Å²) in [6, 6.07) is 5.70. The lowest BCUT2D eigenvalue weighted by molar-refractivity contribution is 0.982. The number of nitrogens with zero attached hydrogens (tertiary/aromatic N) is 3. The summed E-state index contributed by atoms with van der Waals surface area (Å²) in [7, 11) is 0. The van der Waals surface area contributed by atoms with Crippen molar-refractivity contribution in [2.24, 2.45) is 0 Å². The molecule has 1 saturated carbocycles. The van der Waals surface area contributed by atoms with Crippen LogP contribution in [0.5, 0.6) is 0 Å². The van der Waals surface area contributed by atoms with Crippen LogP contribution in [0.15, 0.2) is 24.4 Å². The molecule has 1 N–H and O–H groups in total. The largest absolute Gasteiger partial charge is 0.370 e. The van der Waals surface area contributed by atoms with Crippen molar-refractivity contribution < 1.29 is 0 Å². The summed E-state index contributed by atoms with van der Waals surface area (Å²) in [6.07, 6.45) is 4.06. The maximum atomic E-state index is 5.86. The van der Waals surface area contributed by atoms with Gasteiger partial charge in [0, 0.05) is 30.4 Å². The van der Waals surface area contributed by atoms with Crippen LogP contribution in [0.4, 0.5) is 5.82 Å². The molecule has 1 aliphatic carbocycles. The molecular weight excluding hydrogens is 260 g/mol. The van der Waals surface area contributed by atoms with Gasteiger partial charge in [-0.3, -0.25) is 4.98 Å². The van der Waals surface area contributed by atoms with Gasteiger partial charge >= 0.3 is 0 Å². The van der Waals surface area contributed by atoms with Crippen molar-refractivity contribution in [1.82, 2.24) is 15.0 Å². The Morgan fingerprint density at radius 3 is 2.79 bits per heavy atom. The quantitative estimate of drug-likeness (QED) is 0.927. The van der Waals surface area contributed by atoms with E-state index in [0.29, 0.717) is 16.8 Å². The van der Waals surface area contributed by atoms with Crippen LogP contribution in [0.1, 0.15) is 31.4 Å². The zero-order valence-electron chi connectivity index (χ0n) is 10.7. The Morgan fingerprint density at radius 1 is 1.32 bits per heavy atom. The zero-order valence-corrected chi connectivity index (χ0v) is 11.5. The second-order valence-electron chi connectivity index (χ2n) is 4.67. The molecular formula is C14H15ClN4. The fraction of sp³-hybridized carbons (Fsp3) is 0.357. The molecule has 3 rings (SSSR count). The Hall–Kier alpha value is -1.68. The molecule has 5 heteroatoms. The van der Waals surface area contributed by atoms with Gasteiger partial charge in [0.15, 0.2) is 5.82 Å². The second kappa shape index (κ2) is 5.13. The van der Waals surface area contributed by atoms with E-state index in [1.165, 1.54) is 12.8 Å². The molecule has 2 heterocycles. The van der Waals surface area contributed by atoms with Crippen molar-refractivity contribution >= 4 is 17.4 Å². The lowest BCUT2D eigenvalue weighted by Gasteiger charge is -2.08. The molecule has 98 valence electrons. The predicted molar refractivity (Wildman–Crippen MR) is 76.4 cm³/mol. The lowest BCUT2D eigenvalue weighted by atomic mass is 10.2. The van der Waals surface area contributed by atoms with Crippen molar-refractivity contribution in [3.05, 3.63) is 35.1 Å². The molecule has 2 aromatic rings. The fourth-order valence-electron chi connectivity index (χ4n) is 1.95. The Morgan fingerprint density at radius 2 is 2.16 bits per heavy atom. The third kappa shape index (κ3) is 2.84. The number of nitrogens with one attached hydrogen (secondary N) is 1. The molecule has 0 aromatic carbocycles. The van der Waals surface area contributed by atoms with E-state index < -0.39 is 0 Å². The summed E-state index contributed by atoms with van der Waals surface area (Å²) in [5, 5.41) is 3.87. The molecule has 0 atom stereocenters. The zero-order chi connectivity index (χ0) is 13.2. The van der Waals surface area contributed by atoms with Crippen LogP contribution in [0.2, 0.25) is 5.02 Å². The normalized spacial score (nSPS) is 14.4. The first-order valence-corrected chi connectivity index (χ1v) is 6.89. The summed E-state index contributed by atoms with van der Waals surface area (Å²) in [4.78, 5) is 13.4. The van der Waals surface area contributed by atoms with Crippen LogP contribution in [-0.2, 0) is 0 Å². The minimum absolute atomic E-state index is 0.589. The van der Waals surface area contributed by atoms with Gasteiger partial charge < -0.3 is 5.32 Å². The van der Waals surface area contributed by atoms with Gasteiger partial charge in [-0.25, -0.2) is 9.97 Å². The van der Waals surface area contributed by atoms with E-state index in [2.05, 4.69) is 27.2 Å². The Kier molecular flexibility index (Phi) is 3.34. The summed E-state index contributed by atoms with van der Waals surface area (Å²) in [5.41, 5.74) is 1.86. The third-order valence-electron chi connectivity index (χ3n) is 3.06. The monoisotopic (exact) mass is 274 g/mol. The van der Waals surface area contributed by atoms with Gasteiger partial charge in [-0.05, 0) is 31.9 Å². The fourth-order valence-corrected chi connectivity index (χ4v) is 2.06. The van der Waals surface area contributed by atoms with Crippen LogP contribution in [-0.4, -0.2) is 21.5 Å². The van der Waals surface area contributed by atoms with Crippen LogP contribution in [0.3, 0.4) is 0 Å². The molecule has 4 nitrogen and oxygen atoms in total. The van der Waals surface area contributed by atoms with Crippen molar-refractivity contribution in [1.29, 1.82) is 0 Å². The molecule has 2 aromatic heterocycles. The first-order chi connectivity index (χ1) is 9.26. The molecule has 19 heavy (non-hydrogen) atoms. The van der Waals surface area contributed by atoms with Gasteiger partial charge in [0.2, 0.25) is 0 Å². The molecule has 0 spiro atoms. The molecule has 0 amide bonds. The molecule has 1 fully saturated rings. The number of rotatable bonds is 4. The molecule has 0 saturated heterocycles. The minimum Gasteiger partial charge on any atom is -0.370 e. The van der Waals surface area contributed by atoms with E-state index >= 15 is 0 Å². The molecule has 0 radical (unpaired) electrons. The van der Waals surface area contributed by atoms with Crippen LogP contribution in [0.25, 0.3) is 11.5 Å². The summed E-state index contributed by atoms with van der Waals surface area (Å²) >= 11 is 5.86. The Labute approximate surface area is 117 Å². The highest BCUT2D eigenvalue weighted by atomic mass is 35.5. The minimum atomic E-state index is 0.589. The maximum Gasteiger partial charge on any atom is 0.180 e. The number of hydrogen-bond donors (Lipinski definition) is 1. The van der Waals surface area contributed by atoms with Gasteiger partial charge in [-0.1, -0.05) is 11.6 Å². The van der Waals surface area contributed by atoms with Crippen molar-refractivity contribution in [3.63, 3.8) is 0 Å². The summed E-state index contributed by atoms with van der Waals surface area (Å²) in [5.74, 6) is 2.12. The van der Waals surface area contributed by atoms with Crippen molar-refractivity contribution in [2.45, 2.75) is 25.7 Å². The first-order valence-electron chi connectivity index (χ1n) is 6.51. The van der Waals surface area contributed by atoms with Gasteiger partial charge in [0.05, 0.1) is 5.02 Å². The van der Waals surface area contributed by atoms with Gasteiger partial charge in [0.25, 0.3) is 0 Å². The van der Waals surface area contributed by atoms with E-state index in [4.69, 9.17) is 11.6 Å². The van der Waals surface area contributed by atoms with Gasteiger partial charge in [-0.15, -0.1) is 0 Å². The standard InChI is InChI=1S/C14H15ClN4/c1-2-16-13-7-12(9-3-4-9)18-14(19-13)11-6-5-10(15)8-17-11/h5-9H,2-4H2,1H3,(H,16,18,19). The smallest absolute Gasteiger partial charge is 0.180 e. The Bertz CT molecular complexity index is 578. The van der Waals surface area contributed by atoms with Crippen LogP contribution in [0, 0.1) is 0 Å². The highest BCUT2D eigenvalue weighted by Gasteiger charge is 2.26. The van der Waals surface area contributed by atoms with E-state index in [0.717, 1.165) is 23.8 Å². The number of halogens is 1. The van der Waals surface area contributed by atoms with Crippen LogP contribution < -0.4 is 5.32 Å². The molecule has 0 bridgehead atoms. The predicted octanol–water partition coefficient (Wildman–Crippen LogP) is 3.50. The van der Waals surface area contributed by atoms with E-state index in [-0.39, 0.29) is 0 Å². The number of pyridine rings is 1. The maximum absolute atomic E-state index is 5.86. The number of hydrogen-bond acceptors (Lipinski definition) is 4.